The summed E-state index contributed by atoms with van der Waals surface area (Å²) in [5, 5.41) is 35.8. The van der Waals surface area contributed by atoms with E-state index in [1.54, 1.807) is 36.4 Å². The van der Waals surface area contributed by atoms with E-state index in [0.717, 1.165) is 22.3 Å². The van der Waals surface area contributed by atoms with Crippen LogP contribution in [0.25, 0.3) is 0 Å². The SMILES string of the molecule is COC(=O)[C@H](Cc1ccccc1)NC(=O)Nc1ccc([C@@H]2O[C@H](CN(C)C[C@@H](O)c3cccc(O)c3)[C@H](C)[C@H](c3ccc(CO)cc3)O2)cc1. The van der Waals surface area contributed by atoms with Gasteiger partial charge in [0.05, 0.1) is 32.0 Å². The minimum Gasteiger partial charge on any atom is -0.508 e. The van der Waals surface area contributed by atoms with Gasteiger partial charge in [-0.25, -0.2) is 9.59 Å². The van der Waals surface area contributed by atoms with Crippen LogP contribution in [0.15, 0.2) is 103 Å². The van der Waals surface area contributed by atoms with Gasteiger partial charge in [0.1, 0.15) is 11.8 Å². The summed E-state index contributed by atoms with van der Waals surface area (Å²) in [6.45, 7) is 2.82. The lowest BCUT2D eigenvalue weighted by Gasteiger charge is -2.42. The summed E-state index contributed by atoms with van der Waals surface area (Å²) in [7, 11) is 3.19. The maximum Gasteiger partial charge on any atom is 0.328 e. The van der Waals surface area contributed by atoms with Crippen LogP contribution >= 0.6 is 0 Å². The summed E-state index contributed by atoms with van der Waals surface area (Å²) in [5.74, 6) is -0.525. The number of phenolic OH excluding ortho intramolecular Hbond substituents is 1. The number of aromatic hydroxyl groups is 1. The first-order valence-corrected chi connectivity index (χ1v) is 16.6. The largest absolute Gasteiger partial charge is 0.508 e. The van der Waals surface area contributed by atoms with Crippen LogP contribution in [0.1, 0.15) is 53.2 Å². The van der Waals surface area contributed by atoms with Crippen LogP contribution in [-0.4, -0.2) is 71.6 Å². The van der Waals surface area contributed by atoms with Crippen molar-refractivity contribution in [2.45, 2.75) is 50.6 Å². The van der Waals surface area contributed by atoms with Crippen molar-refractivity contribution in [3.63, 3.8) is 0 Å². The fourth-order valence-electron chi connectivity index (χ4n) is 6.08. The predicted molar refractivity (Wildman–Crippen MR) is 188 cm³/mol. The first-order valence-electron chi connectivity index (χ1n) is 16.6. The third-order valence-corrected chi connectivity index (χ3v) is 8.87. The molecule has 6 atom stereocenters. The summed E-state index contributed by atoms with van der Waals surface area (Å²) in [6.07, 6.45) is -1.89. The fourth-order valence-corrected chi connectivity index (χ4v) is 6.08. The van der Waals surface area contributed by atoms with Crippen LogP contribution in [0.3, 0.4) is 0 Å². The number of benzene rings is 4. The first kappa shape index (κ1) is 36.5. The second kappa shape index (κ2) is 17.2. The average Bonchev–Trinajstić information content (AvgIpc) is 3.12. The maximum absolute atomic E-state index is 12.9. The highest BCUT2D eigenvalue weighted by Gasteiger charge is 2.39. The molecule has 11 heteroatoms. The van der Waals surface area contributed by atoms with Gasteiger partial charge in [0.25, 0.3) is 0 Å². The highest BCUT2D eigenvalue weighted by molar-refractivity contribution is 5.92. The number of hydrogen-bond donors (Lipinski definition) is 5. The van der Waals surface area contributed by atoms with Crippen molar-refractivity contribution in [1.29, 1.82) is 0 Å². The Kier molecular flexibility index (Phi) is 12.6. The smallest absolute Gasteiger partial charge is 0.328 e. The van der Waals surface area contributed by atoms with E-state index in [1.807, 2.05) is 78.7 Å². The number of anilines is 1. The highest BCUT2D eigenvalue weighted by atomic mass is 16.7. The minimum absolute atomic E-state index is 0.0587. The lowest BCUT2D eigenvalue weighted by Crippen LogP contribution is -2.45. The van der Waals surface area contributed by atoms with Crippen LogP contribution in [0.4, 0.5) is 10.5 Å². The molecule has 4 aromatic rings. The molecule has 5 rings (SSSR count). The van der Waals surface area contributed by atoms with Crippen LogP contribution < -0.4 is 10.6 Å². The van der Waals surface area contributed by atoms with Gasteiger partial charge in [0.2, 0.25) is 0 Å². The number of hydrogen-bond acceptors (Lipinski definition) is 9. The van der Waals surface area contributed by atoms with E-state index < -0.39 is 30.4 Å². The van der Waals surface area contributed by atoms with Crippen LogP contribution in [0, 0.1) is 5.92 Å². The van der Waals surface area contributed by atoms with E-state index in [4.69, 9.17) is 14.2 Å². The third kappa shape index (κ3) is 9.68. The number of likely N-dealkylation sites (N-methyl/N-ethyl adjacent to an activating group) is 1. The molecular formula is C39H45N3O8. The third-order valence-electron chi connectivity index (χ3n) is 8.87. The van der Waals surface area contributed by atoms with E-state index >= 15 is 0 Å². The maximum atomic E-state index is 12.9. The van der Waals surface area contributed by atoms with E-state index in [1.165, 1.54) is 7.11 Å². The minimum atomic E-state index is -0.868. The Bertz CT molecular complexity index is 1690. The molecule has 1 aliphatic rings. The monoisotopic (exact) mass is 683 g/mol. The second-order valence-electron chi connectivity index (χ2n) is 12.6. The first-order chi connectivity index (χ1) is 24.1. The number of aliphatic hydroxyl groups is 2. The van der Waals surface area contributed by atoms with Gasteiger partial charge in [-0.05, 0) is 53.6 Å². The van der Waals surface area contributed by atoms with E-state index in [-0.39, 0.29) is 36.9 Å². The standard InChI is InChI=1S/C39H45N3O8/c1-25-35(23-42(2)22-34(45)30-10-7-11-32(44)21-30)49-38(50-36(25)28-14-12-27(24-43)13-15-28)29-16-18-31(19-17-29)40-39(47)41-33(37(46)48-3)20-26-8-5-4-6-9-26/h4-19,21,25,33-36,38,43-45H,20,22-24H2,1-3H3,(H2,40,41,47)/t25-,33-,34+,35+,36+,38+/m0/s1. The predicted octanol–water partition coefficient (Wildman–Crippen LogP) is 5.25. The molecule has 11 nitrogen and oxygen atoms in total. The zero-order valence-corrected chi connectivity index (χ0v) is 28.4. The van der Waals surface area contributed by atoms with Crippen molar-refractivity contribution in [2.75, 3.05) is 32.6 Å². The number of carbonyl (C=O) groups is 2. The Morgan fingerprint density at radius 3 is 2.26 bits per heavy atom. The van der Waals surface area contributed by atoms with E-state index in [0.29, 0.717) is 24.3 Å². The van der Waals surface area contributed by atoms with Gasteiger partial charge >= 0.3 is 12.0 Å². The molecule has 1 aliphatic heterocycles. The normalized spacial score (nSPS) is 20.1. The van der Waals surface area contributed by atoms with Crippen molar-refractivity contribution >= 4 is 17.7 Å². The molecular weight excluding hydrogens is 638 g/mol. The number of esters is 1. The van der Waals surface area contributed by atoms with Crippen molar-refractivity contribution in [3.05, 3.63) is 131 Å². The highest BCUT2D eigenvalue weighted by Crippen LogP contribution is 2.42. The van der Waals surface area contributed by atoms with Gasteiger partial charge in [-0.1, -0.05) is 85.8 Å². The van der Waals surface area contributed by atoms with Gasteiger partial charge < -0.3 is 45.1 Å². The summed E-state index contributed by atoms with van der Waals surface area (Å²) < 4.78 is 18.0. The zero-order chi connectivity index (χ0) is 35.6. The molecule has 1 heterocycles. The topological polar surface area (TPSA) is 150 Å². The van der Waals surface area contributed by atoms with Crippen LogP contribution in [0.2, 0.25) is 0 Å². The zero-order valence-electron chi connectivity index (χ0n) is 28.4. The summed E-state index contributed by atoms with van der Waals surface area (Å²) in [4.78, 5) is 27.3. The molecule has 4 aromatic carbocycles. The van der Waals surface area contributed by atoms with Crippen LogP contribution in [-0.2, 0) is 32.0 Å². The number of aliphatic hydroxyl groups excluding tert-OH is 2. The molecule has 5 N–H and O–H groups in total. The van der Waals surface area contributed by atoms with Crippen LogP contribution in [0.5, 0.6) is 5.75 Å². The summed E-state index contributed by atoms with van der Waals surface area (Å²) in [5.41, 5.74) is 4.50. The van der Waals surface area contributed by atoms with Crippen molar-refractivity contribution in [2.24, 2.45) is 5.92 Å². The molecule has 0 saturated carbocycles. The number of rotatable bonds is 13. The van der Waals surface area contributed by atoms with Crippen molar-refractivity contribution in [1.82, 2.24) is 10.2 Å². The Morgan fingerprint density at radius 2 is 1.60 bits per heavy atom. The molecule has 50 heavy (non-hydrogen) atoms. The molecule has 0 spiro atoms. The number of methoxy groups -OCH3 is 1. The average molecular weight is 684 g/mol. The Labute approximate surface area is 292 Å². The Hall–Kier alpha value is -4.78. The number of ether oxygens (including phenoxy) is 3. The molecule has 0 aliphatic carbocycles. The van der Waals surface area contributed by atoms with E-state index in [9.17, 15) is 24.9 Å². The van der Waals surface area contributed by atoms with Crippen molar-refractivity contribution in [3.8, 4) is 5.75 Å². The number of phenols is 1. The van der Waals surface area contributed by atoms with Crippen molar-refractivity contribution < 1.29 is 39.1 Å². The molecule has 1 saturated heterocycles. The van der Waals surface area contributed by atoms with Gasteiger partial charge in [-0.15, -0.1) is 0 Å². The van der Waals surface area contributed by atoms with E-state index in [2.05, 4.69) is 17.6 Å². The number of amides is 2. The molecule has 1 fully saturated rings. The fraction of sp³-hybridized carbons (Fsp3) is 0.333. The van der Waals surface area contributed by atoms with Gasteiger partial charge in [-0.3, -0.25) is 0 Å². The molecule has 264 valence electrons. The molecule has 2 amide bonds. The Balaban J connectivity index is 1.28. The number of nitrogens with one attached hydrogen (secondary N) is 2. The lowest BCUT2D eigenvalue weighted by molar-refractivity contribution is -0.276. The summed E-state index contributed by atoms with van der Waals surface area (Å²) in [6, 6.07) is 29.3. The van der Waals surface area contributed by atoms with Gasteiger partial charge in [0, 0.05) is 36.7 Å². The van der Waals surface area contributed by atoms with Gasteiger partial charge in [0.15, 0.2) is 6.29 Å². The summed E-state index contributed by atoms with van der Waals surface area (Å²) >= 11 is 0. The molecule has 0 unspecified atom stereocenters. The lowest BCUT2D eigenvalue weighted by atomic mass is 9.90. The molecule has 0 radical (unpaired) electrons. The number of carbonyl (C=O) groups excluding carboxylic acids is 2. The quantitative estimate of drug-likeness (QED) is 0.119. The molecule has 0 aromatic heterocycles. The molecule has 0 bridgehead atoms. The van der Waals surface area contributed by atoms with Gasteiger partial charge in [-0.2, -0.15) is 0 Å². The second-order valence-corrected chi connectivity index (χ2v) is 12.6. The number of urea groups is 1. The Morgan fingerprint density at radius 1 is 0.900 bits per heavy atom. The number of nitrogens with zero attached hydrogens (tertiary/aromatic N) is 1.